The van der Waals surface area contributed by atoms with Crippen LogP contribution >= 0.6 is 0 Å². The third-order valence-electron chi connectivity index (χ3n) is 3.01. The van der Waals surface area contributed by atoms with Gasteiger partial charge in [0.1, 0.15) is 0 Å². The zero-order valence-electron chi connectivity index (χ0n) is 13.8. The summed E-state index contributed by atoms with van der Waals surface area (Å²) in [6, 6.07) is 0. The van der Waals surface area contributed by atoms with Crippen molar-refractivity contribution >= 4 is 22.0 Å². The Morgan fingerprint density at radius 1 is 1.09 bits per heavy atom. The molecule has 0 atom stereocenters. The van der Waals surface area contributed by atoms with Crippen molar-refractivity contribution in [3.63, 3.8) is 0 Å². The summed E-state index contributed by atoms with van der Waals surface area (Å²) < 4.78 is 35.8. The molecule has 22 heavy (non-hydrogen) atoms. The van der Waals surface area contributed by atoms with Crippen LogP contribution in [-0.4, -0.2) is 45.9 Å². The molecule has 0 aliphatic heterocycles. The third-order valence-corrected chi connectivity index (χ3v) is 4.39. The minimum atomic E-state index is -3.48. The van der Waals surface area contributed by atoms with E-state index in [0.717, 1.165) is 0 Å². The molecule has 0 saturated carbocycles. The second-order valence-electron chi connectivity index (χ2n) is 5.48. The Labute approximate surface area is 132 Å². The number of esters is 2. The molecule has 0 aromatic carbocycles. The number of nitrogens with one attached hydrogen (secondary N) is 1. The van der Waals surface area contributed by atoms with E-state index in [1.54, 1.807) is 27.7 Å². The molecule has 0 radical (unpaired) electrons. The zero-order valence-corrected chi connectivity index (χ0v) is 14.6. The van der Waals surface area contributed by atoms with E-state index in [9.17, 15) is 18.0 Å². The molecule has 0 heterocycles. The topological polar surface area (TPSA) is 98.8 Å². The molecule has 1 N–H and O–H groups in total. The summed E-state index contributed by atoms with van der Waals surface area (Å²) in [5, 5.41) is 0. The number of carbonyl (C=O) groups is 2. The van der Waals surface area contributed by atoms with Crippen LogP contribution in [0.4, 0.5) is 0 Å². The van der Waals surface area contributed by atoms with E-state index in [1.807, 2.05) is 0 Å². The zero-order chi connectivity index (χ0) is 17.2. The molecular formula is C14H27NO6S. The summed E-state index contributed by atoms with van der Waals surface area (Å²) in [5.41, 5.74) is -0.851. The van der Waals surface area contributed by atoms with Crippen molar-refractivity contribution in [2.45, 2.75) is 47.0 Å². The fourth-order valence-corrected chi connectivity index (χ4v) is 2.96. The first-order valence-corrected chi connectivity index (χ1v) is 9.10. The summed E-state index contributed by atoms with van der Waals surface area (Å²) in [5.74, 6) is -0.921. The number of rotatable bonds is 11. The lowest BCUT2D eigenvalue weighted by atomic mass is 9.90. The van der Waals surface area contributed by atoms with Gasteiger partial charge in [-0.15, -0.1) is 0 Å². The van der Waals surface area contributed by atoms with Gasteiger partial charge in [-0.1, -0.05) is 0 Å². The van der Waals surface area contributed by atoms with Gasteiger partial charge in [0.2, 0.25) is 10.0 Å². The Morgan fingerprint density at radius 2 is 1.68 bits per heavy atom. The molecule has 130 valence electrons. The van der Waals surface area contributed by atoms with Gasteiger partial charge in [-0.2, -0.15) is 0 Å². The maximum absolute atomic E-state index is 11.8. The molecule has 0 bridgehead atoms. The van der Waals surface area contributed by atoms with Crippen LogP contribution in [0.15, 0.2) is 0 Å². The van der Waals surface area contributed by atoms with Gasteiger partial charge in [0.05, 0.1) is 24.4 Å². The number of carbonyl (C=O) groups excluding carboxylic acids is 2. The van der Waals surface area contributed by atoms with Crippen LogP contribution in [0.2, 0.25) is 0 Å². The fraction of sp³-hybridized carbons (Fsp3) is 0.857. The van der Waals surface area contributed by atoms with E-state index in [2.05, 4.69) is 4.72 Å². The largest absolute Gasteiger partial charge is 0.466 e. The van der Waals surface area contributed by atoms with Crippen molar-refractivity contribution in [1.82, 2.24) is 4.72 Å². The Balaban J connectivity index is 4.15. The molecule has 7 nitrogen and oxygen atoms in total. The van der Waals surface area contributed by atoms with Gasteiger partial charge in [0.25, 0.3) is 0 Å². The van der Waals surface area contributed by atoms with Gasteiger partial charge >= 0.3 is 11.9 Å². The van der Waals surface area contributed by atoms with Crippen LogP contribution < -0.4 is 4.72 Å². The van der Waals surface area contributed by atoms with Gasteiger partial charge < -0.3 is 9.47 Å². The molecule has 0 aromatic rings. The summed E-state index contributed by atoms with van der Waals surface area (Å²) in [6.45, 7) is 7.47. The molecular weight excluding hydrogens is 310 g/mol. The summed E-state index contributed by atoms with van der Waals surface area (Å²) in [4.78, 5) is 22.8. The second-order valence-corrected chi connectivity index (χ2v) is 7.40. The third kappa shape index (κ3) is 8.99. The van der Waals surface area contributed by atoms with Gasteiger partial charge in [0.15, 0.2) is 0 Å². The lowest BCUT2D eigenvalue weighted by molar-refractivity contribution is -0.153. The number of ether oxygens (including phenoxy) is 2. The monoisotopic (exact) mass is 337 g/mol. The standard InChI is InChI=1S/C14H27NO6S/c1-5-20-12(16)8-7-10-15-22(18,19)11-9-14(3,4)13(17)21-6-2/h15H,5-11H2,1-4H3. The van der Waals surface area contributed by atoms with Crippen molar-refractivity contribution in [3.05, 3.63) is 0 Å². The molecule has 0 amide bonds. The van der Waals surface area contributed by atoms with Crippen molar-refractivity contribution < 1.29 is 27.5 Å². The Morgan fingerprint density at radius 3 is 2.23 bits per heavy atom. The highest BCUT2D eigenvalue weighted by molar-refractivity contribution is 7.89. The minimum absolute atomic E-state index is 0.166. The maximum Gasteiger partial charge on any atom is 0.311 e. The highest BCUT2D eigenvalue weighted by Crippen LogP contribution is 2.22. The quantitative estimate of drug-likeness (QED) is 0.450. The second kappa shape index (κ2) is 9.78. The molecule has 0 aliphatic rings. The smallest absolute Gasteiger partial charge is 0.311 e. The van der Waals surface area contributed by atoms with E-state index in [4.69, 9.17) is 9.47 Å². The van der Waals surface area contributed by atoms with Crippen LogP contribution in [0, 0.1) is 5.41 Å². The van der Waals surface area contributed by atoms with Crippen molar-refractivity contribution in [2.24, 2.45) is 5.41 Å². The molecule has 0 unspecified atom stereocenters. The highest BCUT2D eigenvalue weighted by Gasteiger charge is 2.30. The van der Waals surface area contributed by atoms with Crippen molar-refractivity contribution in [1.29, 1.82) is 0 Å². The highest BCUT2D eigenvalue weighted by atomic mass is 32.2. The van der Waals surface area contributed by atoms with E-state index in [0.29, 0.717) is 13.0 Å². The van der Waals surface area contributed by atoms with Crippen LogP contribution in [0.1, 0.15) is 47.0 Å². The van der Waals surface area contributed by atoms with Gasteiger partial charge in [-0.25, -0.2) is 13.1 Å². The maximum atomic E-state index is 11.8. The Kier molecular flexibility index (Phi) is 9.27. The van der Waals surface area contributed by atoms with Crippen LogP contribution in [0.5, 0.6) is 0 Å². The Bertz CT molecular complexity index is 458. The molecule has 0 fully saturated rings. The molecule has 0 rings (SSSR count). The Hall–Kier alpha value is -1.15. The summed E-state index contributed by atoms with van der Waals surface area (Å²) >= 11 is 0. The normalized spacial score (nSPS) is 12.0. The van der Waals surface area contributed by atoms with Gasteiger partial charge in [-0.3, -0.25) is 9.59 Å². The predicted octanol–water partition coefficient (Wildman–Crippen LogP) is 1.23. The SMILES string of the molecule is CCOC(=O)CCCNS(=O)(=O)CCC(C)(C)C(=O)OCC. The van der Waals surface area contributed by atoms with E-state index < -0.39 is 21.4 Å². The molecule has 0 saturated heterocycles. The molecule has 8 heteroatoms. The number of hydrogen-bond acceptors (Lipinski definition) is 6. The van der Waals surface area contributed by atoms with Crippen LogP contribution in [0.3, 0.4) is 0 Å². The number of hydrogen-bond donors (Lipinski definition) is 1. The molecule has 0 aliphatic carbocycles. The van der Waals surface area contributed by atoms with Gasteiger partial charge in [-0.05, 0) is 40.5 Å². The van der Waals surface area contributed by atoms with Crippen molar-refractivity contribution in [3.8, 4) is 0 Å². The lowest BCUT2D eigenvalue weighted by Gasteiger charge is -2.22. The van der Waals surface area contributed by atoms with E-state index in [1.165, 1.54) is 0 Å². The first-order valence-electron chi connectivity index (χ1n) is 7.44. The van der Waals surface area contributed by atoms with Crippen LogP contribution in [0.25, 0.3) is 0 Å². The summed E-state index contributed by atoms with van der Waals surface area (Å²) in [6.07, 6.45) is 0.711. The average molecular weight is 337 g/mol. The minimum Gasteiger partial charge on any atom is -0.466 e. The first kappa shape index (κ1) is 20.9. The number of sulfonamides is 1. The fourth-order valence-electron chi connectivity index (χ4n) is 1.58. The van der Waals surface area contributed by atoms with E-state index >= 15 is 0 Å². The predicted molar refractivity (Wildman–Crippen MR) is 82.7 cm³/mol. The first-order chi connectivity index (χ1) is 10.1. The summed E-state index contributed by atoms with van der Waals surface area (Å²) in [7, 11) is -3.48. The van der Waals surface area contributed by atoms with Crippen molar-refractivity contribution in [2.75, 3.05) is 25.5 Å². The lowest BCUT2D eigenvalue weighted by Crippen LogP contribution is -2.33. The van der Waals surface area contributed by atoms with Gasteiger partial charge in [0, 0.05) is 13.0 Å². The van der Waals surface area contributed by atoms with E-state index in [-0.39, 0.29) is 37.7 Å². The molecule has 0 spiro atoms. The van der Waals surface area contributed by atoms with Crippen LogP contribution in [-0.2, 0) is 29.1 Å². The molecule has 0 aromatic heterocycles. The average Bonchev–Trinajstić information content (AvgIpc) is 2.42.